The van der Waals surface area contributed by atoms with Crippen molar-refractivity contribution in [3.8, 4) is 23.0 Å². The second-order valence-corrected chi connectivity index (χ2v) is 8.33. The van der Waals surface area contributed by atoms with Crippen molar-refractivity contribution in [2.75, 3.05) is 23.8 Å². The Morgan fingerprint density at radius 3 is 2.25 bits per heavy atom. The summed E-state index contributed by atoms with van der Waals surface area (Å²) >= 11 is 0. The zero-order chi connectivity index (χ0) is 23.1. The van der Waals surface area contributed by atoms with E-state index in [1.165, 1.54) is 32.2 Å². The molecular formula is C23H24N2O6S. The number of carbonyl (C=O) groups is 1. The van der Waals surface area contributed by atoms with Gasteiger partial charge in [-0.1, -0.05) is 12.1 Å². The number of benzene rings is 3. The van der Waals surface area contributed by atoms with Gasteiger partial charge < -0.3 is 19.5 Å². The average molecular weight is 457 g/mol. The Labute approximate surface area is 187 Å². The Kier molecular flexibility index (Phi) is 7.21. The predicted molar refractivity (Wildman–Crippen MR) is 122 cm³/mol. The molecule has 168 valence electrons. The van der Waals surface area contributed by atoms with Crippen LogP contribution in [0, 0.1) is 0 Å². The Morgan fingerprint density at radius 1 is 0.906 bits per heavy atom. The highest BCUT2D eigenvalue weighted by molar-refractivity contribution is 7.92. The van der Waals surface area contributed by atoms with Gasteiger partial charge in [0.2, 0.25) is 5.91 Å². The minimum Gasteiger partial charge on any atom is -0.495 e. The fraction of sp³-hybridized carbons (Fsp3) is 0.174. The molecule has 3 rings (SSSR count). The molecule has 2 N–H and O–H groups in total. The number of sulfonamides is 1. The molecule has 9 heteroatoms. The normalized spacial score (nSPS) is 10.8. The number of rotatable bonds is 9. The quantitative estimate of drug-likeness (QED) is 0.486. The van der Waals surface area contributed by atoms with Gasteiger partial charge in [0.15, 0.2) is 5.75 Å². The Bertz CT molecular complexity index is 1190. The number of para-hydroxylation sites is 2. The summed E-state index contributed by atoms with van der Waals surface area (Å²) in [5, 5.41) is 2.57. The molecule has 0 saturated carbocycles. The molecule has 32 heavy (non-hydrogen) atoms. The zero-order valence-electron chi connectivity index (χ0n) is 17.9. The van der Waals surface area contributed by atoms with E-state index in [1.807, 2.05) is 6.92 Å². The molecule has 0 saturated heterocycles. The average Bonchev–Trinajstić information content (AvgIpc) is 2.76. The van der Waals surface area contributed by atoms with Crippen molar-refractivity contribution in [3.05, 3.63) is 66.7 Å². The van der Waals surface area contributed by atoms with E-state index < -0.39 is 10.0 Å². The maximum Gasteiger partial charge on any atom is 0.262 e. The molecule has 8 nitrogen and oxygen atoms in total. The van der Waals surface area contributed by atoms with Crippen molar-refractivity contribution in [3.63, 3.8) is 0 Å². The lowest BCUT2D eigenvalue weighted by Gasteiger charge is -2.15. The van der Waals surface area contributed by atoms with Crippen LogP contribution >= 0.6 is 0 Å². The van der Waals surface area contributed by atoms with Gasteiger partial charge in [-0.3, -0.25) is 9.52 Å². The smallest absolute Gasteiger partial charge is 0.262 e. The summed E-state index contributed by atoms with van der Waals surface area (Å²) in [6.45, 7) is 3.78. The number of methoxy groups -OCH3 is 1. The lowest BCUT2D eigenvalue weighted by Crippen LogP contribution is -2.15. The van der Waals surface area contributed by atoms with Crippen LogP contribution in [0.25, 0.3) is 0 Å². The van der Waals surface area contributed by atoms with Crippen LogP contribution in [0.1, 0.15) is 13.8 Å². The van der Waals surface area contributed by atoms with Gasteiger partial charge >= 0.3 is 0 Å². The van der Waals surface area contributed by atoms with Crippen LogP contribution < -0.4 is 24.2 Å². The highest BCUT2D eigenvalue weighted by Gasteiger charge is 2.19. The molecule has 0 unspecified atom stereocenters. The van der Waals surface area contributed by atoms with E-state index in [1.54, 1.807) is 48.5 Å². The first-order valence-corrected chi connectivity index (χ1v) is 11.3. The molecule has 0 fully saturated rings. The molecule has 1 amide bonds. The minimum atomic E-state index is -3.98. The van der Waals surface area contributed by atoms with Crippen molar-refractivity contribution in [1.29, 1.82) is 0 Å². The molecule has 0 aliphatic carbocycles. The molecule has 0 aliphatic rings. The summed E-state index contributed by atoms with van der Waals surface area (Å²) in [5.74, 6) is 1.56. The Morgan fingerprint density at radius 2 is 1.59 bits per heavy atom. The minimum absolute atomic E-state index is 0.0436. The highest BCUT2D eigenvalue weighted by Crippen LogP contribution is 2.33. The molecule has 0 radical (unpaired) electrons. The van der Waals surface area contributed by atoms with Crippen LogP contribution in [0.15, 0.2) is 71.6 Å². The van der Waals surface area contributed by atoms with E-state index >= 15 is 0 Å². The van der Waals surface area contributed by atoms with Gasteiger partial charge in [0.05, 0.1) is 30.0 Å². The number of amides is 1. The summed E-state index contributed by atoms with van der Waals surface area (Å²) in [6, 6.07) is 17.9. The van der Waals surface area contributed by atoms with Crippen LogP contribution in [0.5, 0.6) is 23.0 Å². The number of anilines is 2. The van der Waals surface area contributed by atoms with Gasteiger partial charge in [0.1, 0.15) is 17.2 Å². The second-order valence-electron chi connectivity index (χ2n) is 6.65. The summed E-state index contributed by atoms with van der Waals surface area (Å²) in [5.41, 5.74) is 0.514. The van der Waals surface area contributed by atoms with Crippen molar-refractivity contribution in [2.45, 2.75) is 18.7 Å². The molecule has 0 heterocycles. The lowest BCUT2D eigenvalue weighted by atomic mass is 10.3. The summed E-state index contributed by atoms with van der Waals surface area (Å²) < 4.78 is 45.1. The van der Waals surface area contributed by atoms with Gasteiger partial charge in [0.25, 0.3) is 10.0 Å². The third-order valence-electron chi connectivity index (χ3n) is 4.29. The maximum atomic E-state index is 13.0. The number of hydrogen-bond acceptors (Lipinski definition) is 6. The first kappa shape index (κ1) is 23.0. The number of hydrogen-bond donors (Lipinski definition) is 2. The van der Waals surface area contributed by atoms with Crippen molar-refractivity contribution in [1.82, 2.24) is 0 Å². The third kappa shape index (κ3) is 5.70. The first-order valence-electron chi connectivity index (χ1n) is 9.80. The fourth-order valence-corrected chi connectivity index (χ4v) is 3.98. The highest BCUT2D eigenvalue weighted by atomic mass is 32.2. The van der Waals surface area contributed by atoms with Gasteiger partial charge in [-0.25, -0.2) is 8.42 Å². The molecule has 0 aliphatic heterocycles. The van der Waals surface area contributed by atoms with Crippen LogP contribution in [0.4, 0.5) is 11.4 Å². The van der Waals surface area contributed by atoms with Crippen molar-refractivity contribution >= 4 is 27.3 Å². The SMILES string of the molecule is CCOc1ccc(Oc2ccccc2NS(=O)(=O)c2ccc(OC)c(NC(C)=O)c2)cc1. The van der Waals surface area contributed by atoms with Gasteiger partial charge in [0, 0.05) is 6.92 Å². The van der Waals surface area contributed by atoms with Crippen LogP contribution in [-0.4, -0.2) is 28.0 Å². The summed E-state index contributed by atoms with van der Waals surface area (Å²) in [6.07, 6.45) is 0. The van der Waals surface area contributed by atoms with Crippen LogP contribution in [-0.2, 0) is 14.8 Å². The maximum absolute atomic E-state index is 13.0. The van der Waals surface area contributed by atoms with Crippen LogP contribution in [0.2, 0.25) is 0 Å². The Balaban J connectivity index is 1.86. The monoisotopic (exact) mass is 456 g/mol. The van der Waals surface area contributed by atoms with E-state index in [9.17, 15) is 13.2 Å². The summed E-state index contributed by atoms with van der Waals surface area (Å²) in [4.78, 5) is 11.4. The largest absolute Gasteiger partial charge is 0.495 e. The van der Waals surface area contributed by atoms with E-state index in [2.05, 4.69) is 10.0 Å². The molecule has 3 aromatic carbocycles. The molecular weight excluding hydrogens is 432 g/mol. The first-order chi connectivity index (χ1) is 15.3. The molecule has 0 aromatic heterocycles. The van der Waals surface area contributed by atoms with Crippen molar-refractivity contribution < 1.29 is 27.4 Å². The third-order valence-corrected chi connectivity index (χ3v) is 5.65. The van der Waals surface area contributed by atoms with E-state index in [4.69, 9.17) is 14.2 Å². The lowest BCUT2D eigenvalue weighted by molar-refractivity contribution is -0.114. The Hall–Kier alpha value is -3.72. The van der Waals surface area contributed by atoms with Gasteiger partial charge in [-0.2, -0.15) is 0 Å². The zero-order valence-corrected chi connectivity index (χ0v) is 18.7. The van der Waals surface area contributed by atoms with Crippen molar-refractivity contribution in [2.24, 2.45) is 0 Å². The number of carbonyl (C=O) groups excluding carboxylic acids is 1. The van der Waals surface area contributed by atoms with Gasteiger partial charge in [-0.05, 0) is 61.5 Å². The number of nitrogens with one attached hydrogen (secondary N) is 2. The molecule has 0 atom stereocenters. The van der Waals surface area contributed by atoms with E-state index in [0.29, 0.717) is 29.6 Å². The topological polar surface area (TPSA) is 103 Å². The second kappa shape index (κ2) is 10.1. The van der Waals surface area contributed by atoms with E-state index in [0.717, 1.165) is 0 Å². The molecule has 0 bridgehead atoms. The number of ether oxygens (including phenoxy) is 3. The standard InChI is InChI=1S/C23H24N2O6S/c1-4-30-17-9-11-18(12-10-17)31-23-8-6-5-7-20(23)25-32(27,28)19-13-14-22(29-3)21(15-19)24-16(2)26/h5-15,25H,4H2,1-3H3,(H,24,26). The molecule has 0 spiro atoms. The molecule has 3 aromatic rings. The van der Waals surface area contributed by atoms with Crippen LogP contribution in [0.3, 0.4) is 0 Å². The fourth-order valence-electron chi connectivity index (χ4n) is 2.88. The summed E-state index contributed by atoms with van der Waals surface area (Å²) in [7, 11) is -2.55. The van der Waals surface area contributed by atoms with E-state index in [-0.39, 0.29) is 22.2 Å². The predicted octanol–water partition coefficient (Wildman–Crippen LogP) is 4.65. The van der Waals surface area contributed by atoms with Gasteiger partial charge in [-0.15, -0.1) is 0 Å².